The van der Waals surface area contributed by atoms with Crippen molar-refractivity contribution in [2.45, 2.75) is 46.3 Å². The van der Waals surface area contributed by atoms with E-state index in [-0.39, 0.29) is 6.10 Å². The molecular weight excluding hydrogens is 204 g/mol. The van der Waals surface area contributed by atoms with Crippen LogP contribution in [0.15, 0.2) is 0 Å². The van der Waals surface area contributed by atoms with Gasteiger partial charge in [0.05, 0.1) is 17.5 Å². The Kier molecular flexibility index (Phi) is 4.61. The summed E-state index contributed by atoms with van der Waals surface area (Å²) in [5.74, 6) is 0.826. The first-order valence-corrected chi connectivity index (χ1v) is 5.84. The zero-order valence-corrected chi connectivity index (χ0v) is 10.3. The lowest BCUT2D eigenvalue weighted by Gasteiger charge is -2.12. The number of hydrogen-bond donors (Lipinski definition) is 3. The summed E-state index contributed by atoms with van der Waals surface area (Å²) in [6.45, 7) is 7.28. The van der Waals surface area contributed by atoms with Crippen molar-refractivity contribution < 1.29 is 5.11 Å². The van der Waals surface area contributed by atoms with Crippen molar-refractivity contribution in [3.8, 4) is 0 Å². The number of aromatic nitrogens is 2. The number of rotatable bonds is 6. The van der Waals surface area contributed by atoms with Crippen molar-refractivity contribution >= 4 is 11.5 Å². The first-order valence-electron chi connectivity index (χ1n) is 5.84. The number of nitrogens with two attached hydrogens (primary N) is 1. The van der Waals surface area contributed by atoms with Gasteiger partial charge in [0.2, 0.25) is 0 Å². The quantitative estimate of drug-likeness (QED) is 0.684. The van der Waals surface area contributed by atoms with Gasteiger partial charge in [0.25, 0.3) is 0 Å². The third kappa shape index (κ3) is 2.88. The molecule has 5 heteroatoms. The SMILES string of the molecule is CCCn1nc(C)c(N)c1NCC(O)CC. The monoisotopic (exact) mass is 226 g/mol. The fourth-order valence-electron chi connectivity index (χ4n) is 1.51. The van der Waals surface area contributed by atoms with Gasteiger partial charge in [0.15, 0.2) is 0 Å². The van der Waals surface area contributed by atoms with Gasteiger partial charge in [-0.25, -0.2) is 4.68 Å². The molecule has 1 aromatic heterocycles. The Morgan fingerprint density at radius 2 is 2.19 bits per heavy atom. The Labute approximate surface area is 96.6 Å². The minimum Gasteiger partial charge on any atom is -0.394 e. The van der Waals surface area contributed by atoms with Crippen molar-refractivity contribution in [3.63, 3.8) is 0 Å². The molecule has 1 heterocycles. The maximum atomic E-state index is 9.50. The van der Waals surface area contributed by atoms with E-state index < -0.39 is 0 Å². The molecule has 0 aliphatic rings. The summed E-state index contributed by atoms with van der Waals surface area (Å²) in [6.07, 6.45) is 1.39. The van der Waals surface area contributed by atoms with E-state index in [0.717, 1.165) is 30.9 Å². The van der Waals surface area contributed by atoms with E-state index in [1.165, 1.54) is 0 Å². The summed E-state index contributed by atoms with van der Waals surface area (Å²) in [6, 6.07) is 0. The van der Waals surface area contributed by atoms with Gasteiger partial charge in [0, 0.05) is 13.1 Å². The second-order valence-corrected chi connectivity index (χ2v) is 4.01. The van der Waals surface area contributed by atoms with Gasteiger partial charge in [-0.3, -0.25) is 0 Å². The van der Waals surface area contributed by atoms with Crippen LogP contribution < -0.4 is 11.1 Å². The van der Waals surface area contributed by atoms with E-state index in [0.29, 0.717) is 12.2 Å². The summed E-state index contributed by atoms with van der Waals surface area (Å²) in [5, 5.41) is 17.0. The number of anilines is 2. The highest BCUT2D eigenvalue weighted by molar-refractivity contribution is 5.64. The van der Waals surface area contributed by atoms with E-state index >= 15 is 0 Å². The number of aliphatic hydroxyl groups excluding tert-OH is 1. The predicted molar refractivity (Wildman–Crippen MR) is 66.5 cm³/mol. The van der Waals surface area contributed by atoms with Crippen molar-refractivity contribution in [3.05, 3.63) is 5.69 Å². The van der Waals surface area contributed by atoms with Gasteiger partial charge in [-0.05, 0) is 19.8 Å². The highest BCUT2D eigenvalue weighted by Gasteiger charge is 2.12. The van der Waals surface area contributed by atoms with E-state index in [4.69, 9.17) is 5.73 Å². The summed E-state index contributed by atoms with van der Waals surface area (Å²) in [5.41, 5.74) is 7.45. The Bertz CT molecular complexity index is 335. The molecule has 1 rings (SSSR count). The van der Waals surface area contributed by atoms with Gasteiger partial charge < -0.3 is 16.2 Å². The topological polar surface area (TPSA) is 76.1 Å². The molecule has 0 saturated heterocycles. The molecule has 0 aromatic carbocycles. The molecule has 0 fully saturated rings. The molecule has 4 N–H and O–H groups in total. The second kappa shape index (κ2) is 5.75. The number of aliphatic hydroxyl groups is 1. The average Bonchev–Trinajstić information content (AvgIpc) is 2.53. The summed E-state index contributed by atoms with van der Waals surface area (Å²) in [4.78, 5) is 0. The minimum atomic E-state index is -0.343. The van der Waals surface area contributed by atoms with Crippen LogP contribution in [0, 0.1) is 6.92 Å². The molecule has 16 heavy (non-hydrogen) atoms. The van der Waals surface area contributed by atoms with Crippen LogP contribution in [0.4, 0.5) is 11.5 Å². The molecule has 0 radical (unpaired) electrons. The summed E-state index contributed by atoms with van der Waals surface area (Å²) < 4.78 is 1.87. The first kappa shape index (κ1) is 12.8. The minimum absolute atomic E-state index is 0.343. The van der Waals surface area contributed by atoms with Crippen LogP contribution >= 0.6 is 0 Å². The molecule has 0 amide bonds. The third-order valence-corrected chi connectivity index (χ3v) is 2.59. The van der Waals surface area contributed by atoms with Crippen molar-refractivity contribution in [1.82, 2.24) is 9.78 Å². The van der Waals surface area contributed by atoms with Gasteiger partial charge in [-0.2, -0.15) is 5.10 Å². The Balaban J connectivity index is 2.76. The van der Waals surface area contributed by atoms with Gasteiger partial charge in [0.1, 0.15) is 5.82 Å². The van der Waals surface area contributed by atoms with Crippen LogP contribution in [0.3, 0.4) is 0 Å². The molecule has 1 unspecified atom stereocenters. The number of nitrogens with one attached hydrogen (secondary N) is 1. The lowest BCUT2D eigenvalue weighted by molar-refractivity contribution is 0.183. The fraction of sp³-hybridized carbons (Fsp3) is 0.727. The highest BCUT2D eigenvalue weighted by Crippen LogP contribution is 2.22. The van der Waals surface area contributed by atoms with Crippen LogP contribution in [0.5, 0.6) is 0 Å². The summed E-state index contributed by atoms with van der Waals surface area (Å²) >= 11 is 0. The molecule has 0 spiro atoms. The maximum Gasteiger partial charge on any atom is 0.148 e. The fourth-order valence-corrected chi connectivity index (χ4v) is 1.51. The highest BCUT2D eigenvalue weighted by atomic mass is 16.3. The van der Waals surface area contributed by atoms with E-state index in [2.05, 4.69) is 17.3 Å². The Morgan fingerprint density at radius 1 is 1.50 bits per heavy atom. The van der Waals surface area contributed by atoms with Crippen molar-refractivity contribution in [2.24, 2.45) is 0 Å². The zero-order valence-electron chi connectivity index (χ0n) is 10.3. The van der Waals surface area contributed by atoms with E-state index in [9.17, 15) is 5.11 Å². The normalized spacial score (nSPS) is 12.8. The largest absolute Gasteiger partial charge is 0.394 e. The summed E-state index contributed by atoms with van der Waals surface area (Å²) in [7, 11) is 0. The number of nitrogens with zero attached hydrogens (tertiary/aromatic N) is 2. The van der Waals surface area contributed by atoms with Crippen LogP contribution in [0.1, 0.15) is 32.4 Å². The molecule has 0 bridgehead atoms. The zero-order chi connectivity index (χ0) is 12.1. The molecule has 1 atom stereocenters. The van der Waals surface area contributed by atoms with E-state index in [1.807, 2.05) is 18.5 Å². The van der Waals surface area contributed by atoms with Gasteiger partial charge in [-0.15, -0.1) is 0 Å². The predicted octanol–water partition coefficient (Wildman–Crippen LogP) is 1.37. The molecule has 1 aromatic rings. The third-order valence-electron chi connectivity index (χ3n) is 2.59. The van der Waals surface area contributed by atoms with E-state index in [1.54, 1.807) is 0 Å². The Morgan fingerprint density at radius 3 is 2.75 bits per heavy atom. The second-order valence-electron chi connectivity index (χ2n) is 4.01. The molecule has 0 aliphatic carbocycles. The lowest BCUT2D eigenvalue weighted by Crippen LogP contribution is -2.20. The molecule has 0 aliphatic heterocycles. The molecular formula is C11H22N4O. The number of aryl methyl sites for hydroxylation is 2. The first-order chi connectivity index (χ1) is 7.60. The maximum absolute atomic E-state index is 9.50. The van der Waals surface area contributed by atoms with Crippen LogP contribution in [-0.4, -0.2) is 27.5 Å². The number of hydrogen-bond acceptors (Lipinski definition) is 4. The standard InChI is InChI=1S/C11H22N4O/c1-4-6-15-11(10(12)8(3)14-15)13-7-9(16)5-2/h9,13,16H,4-7,12H2,1-3H3. The van der Waals surface area contributed by atoms with Crippen molar-refractivity contribution in [2.75, 3.05) is 17.6 Å². The van der Waals surface area contributed by atoms with Gasteiger partial charge in [-0.1, -0.05) is 13.8 Å². The molecule has 0 saturated carbocycles. The van der Waals surface area contributed by atoms with Crippen LogP contribution in [0.25, 0.3) is 0 Å². The average molecular weight is 226 g/mol. The van der Waals surface area contributed by atoms with Gasteiger partial charge >= 0.3 is 0 Å². The molecule has 5 nitrogen and oxygen atoms in total. The van der Waals surface area contributed by atoms with Crippen molar-refractivity contribution in [1.29, 1.82) is 0 Å². The van der Waals surface area contributed by atoms with Crippen LogP contribution in [0.2, 0.25) is 0 Å². The lowest BCUT2D eigenvalue weighted by atomic mass is 10.3. The number of nitrogen functional groups attached to an aromatic ring is 1. The van der Waals surface area contributed by atoms with Crippen LogP contribution in [-0.2, 0) is 6.54 Å². The molecule has 92 valence electrons. The smallest absolute Gasteiger partial charge is 0.148 e. The Hall–Kier alpha value is -1.23.